The number of aliphatic hydroxyl groups excluding tert-OH is 1. The summed E-state index contributed by atoms with van der Waals surface area (Å²) in [5, 5.41) is 14.1. The summed E-state index contributed by atoms with van der Waals surface area (Å²) in [5.74, 6) is -20.3. The van der Waals surface area contributed by atoms with E-state index in [-0.39, 0.29) is 5.76 Å². The molecule has 1 atom stereocenters. The van der Waals surface area contributed by atoms with Crippen LogP contribution < -0.4 is 0 Å². The van der Waals surface area contributed by atoms with Crippen LogP contribution in [-0.2, 0) is 0 Å². The molecule has 1 N–H and O–H groups in total. The standard InChI is InChI=1S/C12H12F8N2O2/c1-22(2)21-5-6-3-4-7(24-6)8(23)10(15,16)12(19,20)11(17,18)9(13)14/h3-5,8-9,23H,1-2H3. The van der Waals surface area contributed by atoms with Crippen molar-refractivity contribution in [3.63, 3.8) is 0 Å². The van der Waals surface area contributed by atoms with Crippen LogP contribution in [0.15, 0.2) is 21.7 Å². The molecule has 1 unspecified atom stereocenters. The van der Waals surface area contributed by atoms with E-state index in [2.05, 4.69) is 9.52 Å². The maximum absolute atomic E-state index is 13.5. The molecule has 0 amide bonds. The molecular formula is C12H12F8N2O2. The van der Waals surface area contributed by atoms with Gasteiger partial charge in [-0.2, -0.15) is 31.4 Å². The van der Waals surface area contributed by atoms with Crippen LogP contribution in [0.25, 0.3) is 0 Å². The molecule has 24 heavy (non-hydrogen) atoms. The van der Waals surface area contributed by atoms with Gasteiger partial charge in [-0.05, 0) is 12.1 Å². The first-order valence-corrected chi connectivity index (χ1v) is 6.15. The minimum atomic E-state index is -6.53. The van der Waals surface area contributed by atoms with E-state index in [4.69, 9.17) is 0 Å². The number of hydrazone groups is 1. The largest absolute Gasteiger partial charge is 0.457 e. The molecule has 1 rings (SSSR count). The Morgan fingerprint density at radius 2 is 1.62 bits per heavy atom. The lowest BCUT2D eigenvalue weighted by atomic mass is 9.98. The van der Waals surface area contributed by atoms with Gasteiger partial charge in [0.05, 0.1) is 6.21 Å². The van der Waals surface area contributed by atoms with Gasteiger partial charge in [0.15, 0.2) is 6.10 Å². The molecule has 1 heterocycles. The third-order valence-corrected chi connectivity index (χ3v) is 2.79. The summed E-state index contributed by atoms with van der Waals surface area (Å²) in [6.45, 7) is 0. The van der Waals surface area contributed by atoms with Crippen LogP contribution in [0.1, 0.15) is 17.6 Å². The Labute approximate surface area is 130 Å². The molecule has 4 nitrogen and oxygen atoms in total. The van der Waals surface area contributed by atoms with Crippen LogP contribution in [0.4, 0.5) is 35.1 Å². The summed E-state index contributed by atoms with van der Waals surface area (Å²) in [4.78, 5) is 0. The summed E-state index contributed by atoms with van der Waals surface area (Å²) < 4.78 is 108. The van der Waals surface area contributed by atoms with E-state index >= 15 is 0 Å². The Balaban J connectivity index is 3.14. The number of hydrogen-bond donors (Lipinski definition) is 1. The molecule has 0 fully saturated rings. The van der Waals surface area contributed by atoms with Crippen LogP contribution in [0.2, 0.25) is 0 Å². The highest BCUT2D eigenvalue weighted by Gasteiger charge is 2.77. The SMILES string of the molecule is CN(C)N=Cc1ccc(C(O)C(F)(F)C(F)(F)C(F)(F)C(F)F)o1. The van der Waals surface area contributed by atoms with E-state index in [0.29, 0.717) is 6.07 Å². The Bertz CT molecular complexity index is 585. The second kappa shape index (κ2) is 6.57. The summed E-state index contributed by atoms with van der Waals surface area (Å²) in [7, 11) is 2.96. The highest BCUT2D eigenvalue weighted by Crippen LogP contribution is 2.53. The average molecular weight is 368 g/mol. The molecule has 0 radical (unpaired) electrons. The van der Waals surface area contributed by atoms with E-state index in [9.17, 15) is 40.2 Å². The average Bonchev–Trinajstić information content (AvgIpc) is 2.92. The lowest BCUT2D eigenvalue weighted by molar-refractivity contribution is -0.358. The number of nitrogens with zero attached hydrogens (tertiary/aromatic N) is 2. The van der Waals surface area contributed by atoms with Gasteiger partial charge >= 0.3 is 24.2 Å². The molecule has 0 saturated heterocycles. The fraction of sp³-hybridized carbons (Fsp3) is 0.583. The topological polar surface area (TPSA) is 49.0 Å². The normalized spacial score (nSPS) is 15.3. The molecule has 1 aromatic rings. The Kier molecular flexibility index (Phi) is 5.53. The molecule has 0 aliphatic carbocycles. The first-order chi connectivity index (χ1) is 10.7. The van der Waals surface area contributed by atoms with E-state index in [1.165, 1.54) is 19.1 Å². The molecule has 0 aliphatic rings. The molecule has 138 valence electrons. The summed E-state index contributed by atoms with van der Waals surface area (Å²) >= 11 is 0. The quantitative estimate of drug-likeness (QED) is 0.456. The molecule has 0 bridgehead atoms. The second-order valence-electron chi connectivity index (χ2n) is 4.86. The van der Waals surface area contributed by atoms with Gasteiger partial charge < -0.3 is 14.5 Å². The van der Waals surface area contributed by atoms with Crippen LogP contribution in [0, 0.1) is 0 Å². The van der Waals surface area contributed by atoms with Gasteiger partial charge in [0.2, 0.25) is 0 Å². The van der Waals surface area contributed by atoms with Gasteiger partial charge in [-0.1, -0.05) is 0 Å². The fourth-order valence-electron chi connectivity index (χ4n) is 1.47. The molecular weight excluding hydrogens is 356 g/mol. The van der Waals surface area contributed by atoms with E-state index in [1.807, 2.05) is 0 Å². The van der Waals surface area contributed by atoms with Gasteiger partial charge in [-0.3, -0.25) is 0 Å². The maximum atomic E-state index is 13.5. The predicted molar refractivity (Wildman–Crippen MR) is 65.8 cm³/mol. The van der Waals surface area contributed by atoms with Crippen LogP contribution in [-0.4, -0.2) is 54.6 Å². The lowest BCUT2D eigenvalue weighted by Gasteiger charge is -2.34. The minimum absolute atomic E-state index is 0.266. The Morgan fingerprint density at radius 1 is 1.08 bits per heavy atom. The number of aliphatic hydroxyl groups is 1. The number of halogens is 8. The van der Waals surface area contributed by atoms with Crippen molar-refractivity contribution in [3.8, 4) is 0 Å². The summed E-state index contributed by atoms with van der Waals surface area (Å²) in [6.07, 6.45) is -7.69. The summed E-state index contributed by atoms with van der Waals surface area (Å²) in [5.41, 5.74) is 0. The number of hydrogen-bond acceptors (Lipinski definition) is 4. The molecule has 0 spiro atoms. The highest BCUT2D eigenvalue weighted by atomic mass is 19.4. The predicted octanol–water partition coefficient (Wildman–Crippen LogP) is 3.38. The lowest BCUT2D eigenvalue weighted by Crippen LogP contribution is -2.59. The van der Waals surface area contributed by atoms with E-state index in [1.54, 1.807) is 0 Å². The van der Waals surface area contributed by atoms with Gasteiger partial charge in [0.1, 0.15) is 11.5 Å². The van der Waals surface area contributed by atoms with Gasteiger partial charge in [0, 0.05) is 14.1 Å². The van der Waals surface area contributed by atoms with Crippen LogP contribution >= 0.6 is 0 Å². The monoisotopic (exact) mass is 368 g/mol. The number of alkyl halides is 8. The van der Waals surface area contributed by atoms with Crippen molar-refractivity contribution in [2.75, 3.05) is 14.1 Å². The zero-order valence-electron chi connectivity index (χ0n) is 12.2. The van der Waals surface area contributed by atoms with Gasteiger partial charge in [-0.25, -0.2) is 8.78 Å². The van der Waals surface area contributed by atoms with Crippen molar-refractivity contribution in [2.24, 2.45) is 5.10 Å². The minimum Gasteiger partial charge on any atom is -0.457 e. The maximum Gasteiger partial charge on any atom is 0.381 e. The van der Waals surface area contributed by atoms with Crippen molar-refractivity contribution in [3.05, 3.63) is 23.7 Å². The Morgan fingerprint density at radius 3 is 2.08 bits per heavy atom. The number of rotatable bonds is 7. The van der Waals surface area contributed by atoms with Crippen molar-refractivity contribution >= 4 is 6.21 Å². The van der Waals surface area contributed by atoms with Crippen LogP contribution in [0.5, 0.6) is 0 Å². The van der Waals surface area contributed by atoms with Gasteiger partial charge in [-0.15, -0.1) is 0 Å². The smallest absolute Gasteiger partial charge is 0.381 e. The van der Waals surface area contributed by atoms with Crippen LogP contribution in [0.3, 0.4) is 0 Å². The molecule has 0 aliphatic heterocycles. The van der Waals surface area contributed by atoms with E-state index in [0.717, 1.165) is 12.3 Å². The molecule has 0 aromatic carbocycles. The third kappa shape index (κ3) is 3.47. The van der Waals surface area contributed by atoms with Crippen molar-refractivity contribution in [1.29, 1.82) is 0 Å². The first kappa shape index (κ1) is 20.2. The first-order valence-electron chi connectivity index (χ1n) is 6.15. The molecule has 12 heteroatoms. The molecule has 0 saturated carbocycles. The van der Waals surface area contributed by atoms with Crippen molar-refractivity contribution in [2.45, 2.75) is 30.3 Å². The number of furan rings is 1. The van der Waals surface area contributed by atoms with Crippen molar-refractivity contribution in [1.82, 2.24) is 5.01 Å². The molecule has 1 aromatic heterocycles. The highest BCUT2D eigenvalue weighted by molar-refractivity contribution is 5.75. The fourth-order valence-corrected chi connectivity index (χ4v) is 1.47. The zero-order chi connectivity index (χ0) is 18.9. The zero-order valence-corrected chi connectivity index (χ0v) is 12.2. The van der Waals surface area contributed by atoms with Crippen molar-refractivity contribution < 1.29 is 44.6 Å². The van der Waals surface area contributed by atoms with Gasteiger partial charge in [0.25, 0.3) is 0 Å². The summed E-state index contributed by atoms with van der Waals surface area (Å²) in [6, 6.07) is 1.54. The Hall–Kier alpha value is -1.85. The second-order valence-corrected chi connectivity index (χ2v) is 4.86. The van der Waals surface area contributed by atoms with E-state index < -0.39 is 36.1 Å². The third-order valence-electron chi connectivity index (χ3n) is 2.79.